The standard InChI is InChI=1S/C19H30N2O3/c1-2-3-14-23-16-17-9-5-6-10-18(17)20-19(22)24-15-13-21-11-7-4-8-12-21/h5-6,9-10H,2-4,7-8,11-16H2,1H3,(H,20,22). The zero-order valence-electron chi connectivity index (χ0n) is 14.8. The maximum atomic E-state index is 12.0. The van der Waals surface area contributed by atoms with Gasteiger partial charge in [-0.05, 0) is 38.4 Å². The van der Waals surface area contributed by atoms with Crippen molar-refractivity contribution >= 4 is 11.8 Å². The Morgan fingerprint density at radius 1 is 1.17 bits per heavy atom. The van der Waals surface area contributed by atoms with E-state index in [0.717, 1.165) is 50.3 Å². The molecule has 1 heterocycles. The topological polar surface area (TPSA) is 50.8 Å². The predicted molar refractivity (Wildman–Crippen MR) is 96.3 cm³/mol. The van der Waals surface area contributed by atoms with Crippen LogP contribution in [0.15, 0.2) is 24.3 Å². The highest BCUT2D eigenvalue weighted by Crippen LogP contribution is 2.16. The van der Waals surface area contributed by atoms with Gasteiger partial charge in [-0.15, -0.1) is 0 Å². The van der Waals surface area contributed by atoms with Crippen LogP contribution in [-0.4, -0.2) is 43.8 Å². The lowest BCUT2D eigenvalue weighted by molar-refractivity contribution is 0.118. The fraction of sp³-hybridized carbons (Fsp3) is 0.632. The molecule has 1 aliphatic heterocycles. The summed E-state index contributed by atoms with van der Waals surface area (Å²) < 4.78 is 11.0. The first kappa shape index (κ1) is 18.7. The van der Waals surface area contributed by atoms with Crippen molar-refractivity contribution in [2.24, 2.45) is 0 Å². The summed E-state index contributed by atoms with van der Waals surface area (Å²) in [5.41, 5.74) is 1.73. The van der Waals surface area contributed by atoms with Gasteiger partial charge in [-0.25, -0.2) is 4.79 Å². The first-order valence-electron chi connectivity index (χ1n) is 9.11. The Morgan fingerprint density at radius 2 is 1.96 bits per heavy atom. The highest BCUT2D eigenvalue weighted by Gasteiger charge is 2.11. The maximum absolute atomic E-state index is 12.0. The van der Waals surface area contributed by atoms with Crippen LogP contribution in [0.4, 0.5) is 10.5 Å². The Labute approximate surface area is 145 Å². The molecule has 2 rings (SSSR count). The Morgan fingerprint density at radius 3 is 2.75 bits per heavy atom. The van der Waals surface area contributed by atoms with Gasteiger partial charge in [-0.3, -0.25) is 10.2 Å². The number of anilines is 1. The van der Waals surface area contributed by atoms with Gasteiger partial charge in [0.1, 0.15) is 6.61 Å². The molecule has 134 valence electrons. The van der Waals surface area contributed by atoms with E-state index in [1.54, 1.807) is 0 Å². The number of nitrogens with zero attached hydrogens (tertiary/aromatic N) is 1. The van der Waals surface area contributed by atoms with Crippen molar-refractivity contribution in [1.82, 2.24) is 4.90 Å². The summed E-state index contributed by atoms with van der Waals surface area (Å²) in [6.45, 7) is 6.86. The number of carbonyl (C=O) groups excluding carboxylic acids is 1. The molecule has 0 unspecified atom stereocenters. The van der Waals surface area contributed by atoms with Crippen LogP contribution in [-0.2, 0) is 16.1 Å². The molecule has 1 aliphatic rings. The average Bonchev–Trinajstić information content (AvgIpc) is 2.61. The monoisotopic (exact) mass is 334 g/mol. The lowest BCUT2D eigenvalue weighted by atomic mass is 10.1. The number of benzene rings is 1. The van der Waals surface area contributed by atoms with Gasteiger partial charge in [0.2, 0.25) is 0 Å². The van der Waals surface area contributed by atoms with E-state index in [9.17, 15) is 4.79 Å². The van der Waals surface area contributed by atoms with E-state index in [1.807, 2.05) is 24.3 Å². The molecule has 0 radical (unpaired) electrons. The molecule has 1 amide bonds. The number of hydrogen-bond acceptors (Lipinski definition) is 4. The van der Waals surface area contributed by atoms with Gasteiger partial charge in [0.15, 0.2) is 0 Å². The van der Waals surface area contributed by atoms with Gasteiger partial charge in [0.05, 0.1) is 6.61 Å². The van der Waals surface area contributed by atoms with Crippen molar-refractivity contribution in [3.8, 4) is 0 Å². The fourth-order valence-corrected chi connectivity index (χ4v) is 2.79. The minimum absolute atomic E-state index is 0.395. The van der Waals surface area contributed by atoms with Gasteiger partial charge in [-0.1, -0.05) is 38.0 Å². The second kappa shape index (κ2) is 11.0. The number of likely N-dealkylation sites (tertiary alicyclic amines) is 1. The van der Waals surface area contributed by atoms with Crippen molar-refractivity contribution in [3.63, 3.8) is 0 Å². The zero-order valence-corrected chi connectivity index (χ0v) is 14.8. The average molecular weight is 334 g/mol. The lowest BCUT2D eigenvalue weighted by Gasteiger charge is -2.25. The maximum Gasteiger partial charge on any atom is 0.411 e. The minimum Gasteiger partial charge on any atom is -0.448 e. The summed E-state index contributed by atoms with van der Waals surface area (Å²) in [6.07, 6.45) is 5.58. The summed E-state index contributed by atoms with van der Waals surface area (Å²) in [6, 6.07) is 7.70. The van der Waals surface area contributed by atoms with Crippen molar-refractivity contribution in [2.75, 3.05) is 38.2 Å². The molecule has 5 nitrogen and oxygen atoms in total. The van der Waals surface area contributed by atoms with Crippen LogP contribution >= 0.6 is 0 Å². The Kier molecular flexibility index (Phi) is 8.63. The number of carbonyl (C=O) groups is 1. The quantitative estimate of drug-likeness (QED) is 0.693. The summed E-state index contributed by atoms with van der Waals surface area (Å²) in [5, 5.41) is 2.83. The van der Waals surface area contributed by atoms with Crippen LogP contribution in [0.2, 0.25) is 0 Å². The van der Waals surface area contributed by atoms with Gasteiger partial charge >= 0.3 is 6.09 Å². The number of piperidine rings is 1. The number of hydrogen-bond donors (Lipinski definition) is 1. The third-order valence-electron chi connectivity index (χ3n) is 4.24. The molecule has 1 aromatic carbocycles. The Balaban J connectivity index is 1.72. The molecular weight excluding hydrogens is 304 g/mol. The molecular formula is C19H30N2O3. The SMILES string of the molecule is CCCCOCc1ccccc1NC(=O)OCCN1CCCCC1. The third-order valence-corrected chi connectivity index (χ3v) is 4.24. The lowest BCUT2D eigenvalue weighted by Crippen LogP contribution is -2.33. The molecule has 24 heavy (non-hydrogen) atoms. The fourth-order valence-electron chi connectivity index (χ4n) is 2.79. The zero-order chi connectivity index (χ0) is 17.0. The van der Waals surface area contributed by atoms with Gasteiger partial charge in [-0.2, -0.15) is 0 Å². The molecule has 1 N–H and O–H groups in total. The van der Waals surface area contributed by atoms with E-state index in [0.29, 0.717) is 13.2 Å². The van der Waals surface area contributed by atoms with Crippen molar-refractivity contribution in [2.45, 2.75) is 45.6 Å². The molecule has 0 spiro atoms. The normalized spacial score (nSPS) is 15.2. The van der Waals surface area contributed by atoms with Crippen LogP contribution in [0.25, 0.3) is 0 Å². The molecule has 1 fully saturated rings. The molecule has 5 heteroatoms. The third kappa shape index (κ3) is 6.89. The first-order valence-corrected chi connectivity index (χ1v) is 9.11. The molecule has 0 bridgehead atoms. The van der Waals surface area contributed by atoms with Crippen LogP contribution in [0.1, 0.15) is 44.6 Å². The van der Waals surface area contributed by atoms with Gasteiger partial charge in [0.25, 0.3) is 0 Å². The second-order valence-electron chi connectivity index (χ2n) is 6.23. The van der Waals surface area contributed by atoms with Crippen LogP contribution in [0.3, 0.4) is 0 Å². The molecule has 0 atom stereocenters. The van der Waals surface area contributed by atoms with Crippen LogP contribution in [0.5, 0.6) is 0 Å². The highest BCUT2D eigenvalue weighted by molar-refractivity contribution is 5.85. The highest BCUT2D eigenvalue weighted by atomic mass is 16.5. The number of nitrogens with one attached hydrogen (secondary N) is 1. The largest absolute Gasteiger partial charge is 0.448 e. The number of amides is 1. The first-order chi connectivity index (χ1) is 11.8. The van der Waals surface area contributed by atoms with Crippen molar-refractivity contribution < 1.29 is 14.3 Å². The predicted octanol–water partition coefficient (Wildman–Crippen LogP) is 4.04. The van der Waals surface area contributed by atoms with E-state index < -0.39 is 6.09 Å². The van der Waals surface area contributed by atoms with E-state index in [4.69, 9.17) is 9.47 Å². The second-order valence-corrected chi connectivity index (χ2v) is 6.23. The molecule has 0 aliphatic carbocycles. The van der Waals surface area contributed by atoms with Crippen LogP contribution < -0.4 is 5.32 Å². The van der Waals surface area contributed by atoms with E-state index in [2.05, 4.69) is 17.1 Å². The number of unbranched alkanes of at least 4 members (excludes halogenated alkanes) is 1. The summed E-state index contributed by atoms with van der Waals surface area (Å²) in [7, 11) is 0. The Hall–Kier alpha value is -1.59. The van der Waals surface area contributed by atoms with E-state index in [1.165, 1.54) is 19.3 Å². The molecule has 0 saturated carbocycles. The summed E-state index contributed by atoms with van der Waals surface area (Å²) in [4.78, 5) is 14.3. The molecule has 0 aromatic heterocycles. The Bertz CT molecular complexity index is 487. The number of para-hydroxylation sites is 1. The van der Waals surface area contributed by atoms with E-state index >= 15 is 0 Å². The van der Waals surface area contributed by atoms with Crippen molar-refractivity contribution in [3.05, 3.63) is 29.8 Å². The number of ether oxygens (including phenoxy) is 2. The minimum atomic E-state index is -0.395. The van der Waals surface area contributed by atoms with Crippen LogP contribution in [0, 0.1) is 0 Å². The summed E-state index contributed by atoms with van der Waals surface area (Å²) >= 11 is 0. The van der Waals surface area contributed by atoms with Crippen molar-refractivity contribution in [1.29, 1.82) is 0 Å². The van der Waals surface area contributed by atoms with Gasteiger partial charge < -0.3 is 9.47 Å². The smallest absolute Gasteiger partial charge is 0.411 e. The van der Waals surface area contributed by atoms with E-state index in [-0.39, 0.29) is 0 Å². The summed E-state index contributed by atoms with van der Waals surface area (Å²) in [5.74, 6) is 0. The number of rotatable bonds is 9. The molecule has 1 saturated heterocycles. The molecule has 1 aromatic rings. The van der Waals surface area contributed by atoms with Gasteiger partial charge in [0, 0.05) is 24.4 Å².